The van der Waals surface area contributed by atoms with Gasteiger partial charge in [-0.15, -0.1) is 0 Å². The maximum absolute atomic E-state index is 13.9. The van der Waals surface area contributed by atoms with Crippen LogP contribution in [0.1, 0.15) is 65.7 Å². The standard InChI is InChI=1S/C28H36F5N5O4/c1-25(2,3)20(36-24(42)28(31,32)33)23(41)38-10-17-13-4-5-14(6-13)18(17)19(38)22(40)35-16(9-34)7-15-8-26(37-21(15)39)11-27(29,30)12-26/h13-20H,4-8,10-12H2,1-3H3,(H,35,40)(H,36,42)(H,37,39)/t13-,14+,15?,16+,17-,18+,19+,20-/m1/s1. The number of rotatable bonds is 6. The minimum absolute atomic E-state index is 0.0383. The lowest BCUT2D eigenvalue weighted by atomic mass is 9.71. The van der Waals surface area contributed by atoms with Gasteiger partial charge in [0.2, 0.25) is 17.7 Å². The third kappa shape index (κ3) is 5.43. The van der Waals surface area contributed by atoms with Crippen molar-refractivity contribution in [3.05, 3.63) is 0 Å². The number of halogens is 5. The van der Waals surface area contributed by atoms with Crippen LogP contribution in [0.4, 0.5) is 22.0 Å². The van der Waals surface area contributed by atoms with Crippen molar-refractivity contribution >= 4 is 23.6 Å². The summed E-state index contributed by atoms with van der Waals surface area (Å²) >= 11 is 0. The van der Waals surface area contributed by atoms with E-state index in [-0.39, 0.29) is 43.1 Å². The first kappa shape index (κ1) is 30.5. The first-order chi connectivity index (χ1) is 19.3. The summed E-state index contributed by atoms with van der Waals surface area (Å²) in [6, 6.07) is -1.81. The van der Waals surface area contributed by atoms with Crippen molar-refractivity contribution in [2.24, 2.45) is 35.0 Å². The number of hydrogen-bond donors (Lipinski definition) is 3. The second kappa shape index (κ2) is 10.0. The summed E-state index contributed by atoms with van der Waals surface area (Å²) in [5.74, 6) is -7.67. The molecule has 2 aliphatic heterocycles. The molecule has 1 unspecified atom stereocenters. The van der Waals surface area contributed by atoms with Crippen LogP contribution in [0.3, 0.4) is 0 Å². The van der Waals surface area contributed by atoms with Crippen molar-refractivity contribution in [3.63, 3.8) is 0 Å². The fraction of sp³-hybridized carbons (Fsp3) is 0.821. The van der Waals surface area contributed by atoms with Gasteiger partial charge in [0.05, 0.1) is 11.6 Å². The maximum Gasteiger partial charge on any atom is 0.471 e. The van der Waals surface area contributed by atoms with Crippen LogP contribution in [-0.4, -0.2) is 70.8 Å². The summed E-state index contributed by atoms with van der Waals surface area (Å²) in [6.07, 6.45) is -3.49. The Morgan fingerprint density at radius 2 is 1.76 bits per heavy atom. The zero-order valence-corrected chi connectivity index (χ0v) is 23.7. The maximum atomic E-state index is 13.9. The van der Waals surface area contributed by atoms with Crippen molar-refractivity contribution in [3.8, 4) is 6.07 Å². The third-order valence-electron chi connectivity index (χ3n) is 10.0. The molecule has 0 aromatic heterocycles. The molecule has 9 nitrogen and oxygen atoms in total. The van der Waals surface area contributed by atoms with Crippen LogP contribution in [0.15, 0.2) is 0 Å². The molecule has 3 aliphatic carbocycles. The fourth-order valence-electron chi connectivity index (χ4n) is 8.36. The summed E-state index contributed by atoms with van der Waals surface area (Å²) in [7, 11) is 0. The topological polar surface area (TPSA) is 131 Å². The number of nitriles is 1. The van der Waals surface area contributed by atoms with E-state index in [2.05, 4.69) is 10.6 Å². The number of hydrogen-bond acceptors (Lipinski definition) is 5. The van der Waals surface area contributed by atoms with E-state index in [1.54, 1.807) is 0 Å². The molecule has 5 rings (SSSR count). The molecule has 3 saturated carbocycles. The number of amides is 4. The first-order valence-corrected chi connectivity index (χ1v) is 14.4. The van der Waals surface area contributed by atoms with Crippen LogP contribution < -0.4 is 16.0 Å². The molecule has 3 N–H and O–H groups in total. The van der Waals surface area contributed by atoms with Gasteiger partial charge in [-0.2, -0.15) is 18.4 Å². The SMILES string of the molecule is CC(C)(C)[C@H](NC(=O)C(F)(F)F)C(=O)N1C[C@@H]2[C@@H]3CC[C@@H](C3)[C@@H]2[C@H]1C(=O)N[C@H](C#N)CC1CC2(CC(F)(F)C2)NC1=O. The Kier molecular flexibility index (Phi) is 7.29. The fourth-order valence-corrected chi connectivity index (χ4v) is 8.36. The molecule has 0 aromatic carbocycles. The highest BCUT2D eigenvalue weighted by molar-refractivity contribution is 5.94. The van der Waals surface area contributed by atoms with Gasteiger partial charge in [0, 0.05) is 25.3 Å². The van der Waals surface area contributed by atoms with Gasteiger partial charge in [0.25, 0.3) is 5.92 Å². The number of fused-ring (bicyclic) bond motifs is 5. The molecule has 2 heterocycles. The highest BCUT2D eigenvalue weighted by Gasteiger charge is 2.62. The lowest BCUT2D eigenvalue weighted by Crippen LogP contribution is -2.60. The van der Waals surface area contributed by atoms with Gasteiger partial charge < -0.3 is 20.9 Å². The molecule has 8 atom stereocenters. The average molecular weight is 602 g/mol. The molecule has 5 aliphatic rings. The van der Waals surface area contributed by atoms with E-state index in [1.807, 2.05) is 11.4 Å². The van der Waals surface area contributed by atoms with Crippen LogP contribution in [0.25, 0.3) is 0 Å². The molecule has 14 heteroatoms. The highest BCUT2D eigenvalue weighted by atomic mass is 19.4. The minimum Gasteiger partial charge on any atom is -0.350 e. The van der Waals surface area contributed by atoms with Crippen molar-refractivity contribution in [1.82, 2.24) is 20.9 Å². The van der Waals surface area contributed by atoms with E-state index in [0.717, 1.165) is 19.3 Å². The highest BCUT2D eigenvalue weighted by Crippen LogP contribution is 2.57. The van der Waals surface area contributed by atoms with Gasteiger partial charge in [-0.3, -0.25) is 19.2 Å². The zero-order chi connectivity index (χ0) is 31.0. The lowest BCUT2D eigenvalue weighted by molar-refractivity contribution is -0.176. The smallest absolute Gasteiger partial charge is 0.350 e. The van der Waals surface area contributed by atoms with Crippen LogP contribution in [0, 0.1) is 46.3 Å². The van der Waals surface area contributed by atoms with E-state index in [1.165, 1.54) is 25.7 Å². The van der Waals surface area contributed by atoms with E-state index in [9.17, 15) is 46.4 Å². The number of likely N-dealkylation sites (tertiary alicyclic amines) is 1. The van der Waals surface area contributed by atoms with Crippen LogP contribution >= 0.6 is 0 Å². The van der Waals surface area contributed by atoms with Crippen LogP contribution in [-0.2, 0) is 19.2 Å². The van der Waals surface area contributed by atoms with Gasteiger partial charge >= 0.3 is 12.1 Å². The number of nitrogens with one attached hydrogen (secondary N) is 3. The second-order valence-corrected chi connectivity index (χ2v) is 14.1. The minimum atomic E-state index is -5.21. The zero-order valence-electron chi connectivity index (χ0n) is 23.7. The van der Waals surface area contributed by atoms with Crippen LogP contribution in [0.5, 0.6) is 0 Å². The van der Waals surface area contributed by atoms with Gasteiger partial charge in [-0.25, -0.2) is 8.78 Å². The predicted molar refractivity (Wildman–Crippen MR) is 136 cm³/mol. The predicted octanol–water partition coefficient (Wildman–Crippen LogP) is 2.66. The Bertz CT molecular complexity index is 1200. The van der Waals surface area contributed by atoms with Crippen molar-refractivity contribution in [1.29, 1.82) is 5.26 Å². The summed E-state index contributed by atoms with van der Waals surface area (Å²) in [6.45, 7) is 4.71. The summed E-state index contributed by atoms with van der Waals surface area (Å²) in [5.41, 5.74) is -2.13. The number of carbonyl (C=O) groups is 4. The Balaban J connectivity index is 1.34. The molecule has 5 fully saturated rings. The summed E-state index contributed by atoms with van der Waals surface area (Å²) < 4.78 is 66.4. The molecule has 0 radical (unpaired) electrons. The Morgan fingerprint density at radius 3 is 2.33 bits per heavy atom. The van der Waals surface area contributed by atoms with E-state index in [4.69, 9.17) is 0 Å². The van der Waals surface area contributed by atoms with Crippen molar-refractivity contribution in [2.45, 2.75) is 101 Å². The monoisotopic (exact) mass is 601 g/mol. The Labute approximate surface area is 240 Å². The number of nitrogens with zero attached hydrogens (tertiary/aromatic N) is 2. The largest absolute Gasteiger partial charge is 0.471 e. The lowest BCUT2D eigenvalue weighted by Gasteiger charge is -2.44. The molecule has 232 valence electrons. The van der Waals surface area contributed by atoms with Gasteiger partial charge in [-0.1, -0.05) is 20.8 Å². The first-order valence-electron chi connectivity index (χ1n) is 14.4. The second-order valence-electron chi connectivity index (χ2n) is 14.1. The molecule has 0 aromatic rings. The van der Waals surface area contributed by atoms with Gasteiger partial charge in [0.1, 0.15) is 18.1 Å². The molecule has 2 bridgehead atoms. The van der Waals surface area contributed by atoms with E-state index in [0.29, 0.717) is 0 Å². The normalized spacial score (nSPS) is 33.8. The Hall–Kier alpha value is -2.98. The van der Waals surface area contributed by atoms with Crippen molar-refractivity contribution in [2.75, 3.05) is 6.54 Å². The van der Waals surface area contributed by atoms with E-state index < -0.39 is 83.6 Å². The Morgan fingerprint density at radius 1 is 1.12 bits per heavy atom. The molecular formula is C28H36F5N5O4. The molecule has 1 spiro atoms. The third-order valence-corrected chi connectivity index (χ3v) is 10.0. The summed E-state index contributed by atoms with van der Waals surface area (Å²) in [4.78, 5) is 53.3. The molecule has 2 saturated heterocycles. The van der Waals surface area contributed by atoms with Gasteiger partial charge in [0.15, 0.2) is 0 Å². The summed E-state index contributed by atoms with van der Waals surface area (Å²) in [5, 5.41) is 16.9. The molecule has 4 amide bonds. The average Bonchev–Trinajstić information content (AvgIpc) is 3.60. The van der Waals surface area contributed by atoms with Gasteiger partial charge in [-0.05, 0) is 61.2 Å². The van der Waals surface area contributed by atoms with Crippen LogP contribution in [0.2, 0.25) is 0 Å². The number of alkyl halides is 5. The van der Waals surface area contributed by atoms with E-state index >= 15 is 0 Å². The quantitative estimate of drug-likeness (QED) is 0.403. The molecular weight excluding hydrogens is 565 g/mol. The van der Waals surface area contributed by atoms with Crippen molar-refractivity contribution < 1.29 is 41.1 Å². The molecule has 42 heavy (non-hydrogen) atoms. The number of carbonyl (C=O) groups excluding carboxylic acids is 4.